The predicted molar refractivity (Wildman–Crippen MR) is 79.0 cm³/mol. The van der Waals surface area contributed by atoms with E-state index in [4.69, 9.17) is 0 Å². The molecule has 0 spiro atoms. The van der Waals surface area contributed by atoms with Gasteiger partial charge < -0.3 is 5.32 Å². The summed E-state index contributed by atoms with van der Waals surface area (Å²) in [5.74, 6) is 0.854. The van der Waals surface area contributed by atoms with Crippen LogP contribution in [0, 0.1) is 0 Å². The molecule has 0 heterocycles. The van der Waals surface area contributed by atoms with Crippen LogP contribution < -0.4 is 5.32 Å². The molecular formula is C17H27N. The molecule has 1 fully saturated rings. The van der Waals surface area contributed by atoms with Crippen LogP contribution in [0.1, 0.15) is 75.5 Å². The molecule has 1 heteroatoms. The fourth-order valence-corrected chi connectivity index (χ4v) is 2.74. The molecule has 100 valence electrons. The summed E-state index contributed by atoms with van der Waals surface area (Å²) >= 11 is 0. The third kappa shape index (κ3) is 3.35. The topological polar surface area (TPSA) is 12.0 Å². The fourth-order valence-electron chi connectivity index (χ4n) is 2.74. The summed E-state index contributed by atoms with van der Waals surface area (Å²) in [6.07, 6.45) is 7.90. The Labute approximate surface area is 112 Å². The molecule has 1 N–H and O–H groups in total. The van der Waals surface area contributed by atoms with Crippen LogP contribution >= 0.6 is 0 Å². The highest BCUT2D eigenvalue weighted by molar-refractivity contribution is 5.28. The van der Waals surface area contributed by atoms with E-state index >= 15 is 0 Å². The van der Waals surface area contributed by atoms with Crippen LogP contribution in [-0.2, 0) is 0 Å². The first-order valence-electron chi connectivity index (χ1n) is 7.68. The minimum atomic E-state index is 0.547. The van der Waals surface area contributed by atoms with E-state index in [0.29, 0.717) is 6.04 Å². The van der Waals surface area contributed by atoms with Crippen molar-refractivity contribution in [3.63, 3.8) is 0 Å². The Hall–Kier alpha value is -0.820. The SMILES string of the molecule is CCCNC(CCC)c1ccc(C2CCC2)cc1. The van der Waals surface area contributed by atoms with Crippen LogP contribution in [0.25, 0.3) is 0 Å². The molecule has 18 heavy (non-hydrogen) atoms. The Balaban J connectivity index is 1.99. The van der Waals surface area contributed by atoms with E-state index in [1.807, 2.05) is 0 Å². The molecule has 0 amide bonds. The first-order valence-corrected chi connectivity index (χ1v) is 7.68. The van der Waals surface area contributed by atoms with Gasteiger partial charge in [0.2, 0.25) is 0 Å². The summed E-state index contributed by atoms with van der Waals surface area (Å²) in [7, 11) is 0. The molecule has 1 atom stereocenters. The summed E-state index contributed by atoms with van der Waals surface area (Å²) < 4.78 is 0. The smallest absolute Gasteiger partial charge is 0.0320 e. The predicted octanol–water partition coefficient (Wildman–Crippen LogP) is 4.79. The molecule has 0 saturated heterocycles. The van der Waals surface area contributed by atoms with Crippen molar-refractivity contribution in [3.05, 3.63) is 35.4 Å². The molecule has 1 unspecified atom stereocenters. The molecular weight excluding hydrogens is 218 g/mol. The minimum Gasteiger partial charge on any atom is -0.310 e. The van der Waals surface area contributed by atoms with Gasteiger partial charge in [0.25, 0.3) is 0 Å². The molecule has 1 nitrogen and oxygen atoms in total. The van der Waals surface area contributed by atoms with Crippen LogP contribution in [0.15, 0.2) is 24.3 Å². The van der Waals surface area contributed by atoms with Crippen molar-refractivity contribution in [2.24, 2.45) is 0 Å². The third-order valence-electron chi connectivity index (χ3n) is 4.13. The molecule has 1 aromatic rings. The van der Waals surface area contributed by atoms with Gasteiger partial charge in [-0.3, -0.25) is 0 Å². The van der Waals surface area contributed by atoms with Crippen LogP contribution in [0.5, 0.6) is 0 Å². The zero-order valence-corrected chi connectivity index (χ0v) is 11.9. The number of hydrogen-bond donors (Lipinski definition) is 1. The third-order valence-corrected chi connectivity index (χ3v) is 4.13. The van der Waals surface area contributed by atoms with Gasteiger partial charge in [0.15, 0.2) is 0 Å². The van der Waals surface area contributed by atoms with Gasteiger partial charge in [-0.25, -0.2) is 0 Å². The Morgan fingerprint density at radius 3 is 2.33 bits per heavy atom. The number of hydrogen-bond acceptors (Lipinski definition) is 1. The maximum absolute atomic E-state index is 3.66. The standard InChI is InChI=1S/C17H27N/c1-3-6-17(18-13-4-2)16-11-9-15(10-12-16)14-7-5-8-14/h9-12,14,17-18H,3-8,13H2,1-2H3. The van der Waals surface area contributed by atoms with Crippen molar-refractivity contribution in [2.75, 3.05) is 6.54 Å². The lowest BCUT2D eigenvalue weighted by molar-refractivity contribution is 0.419. The van der Waals surface area contributed by atoms with Crippen LogP contribution in [0.2, 0.25) is 0 Å². The first kappa shape index (κ1) is 13.6. The van der Waals surface area contributed by atoms with Gasteiger partial charge in [0.1, 0.15) is 0 Å². The number of nitrogens with one attached hydrogen (secondary N) is 1. The molecule has 0 aliphatic heterocycles. The van der Waals surface area contributed by atoms with E-state index in [1.165, 1.54) is 44.1 Å². The summed E-state index contributed by atoms with van der Waals surface area (Å²) in [4.78, 5) is 0. The lowest BCUT2D eigenvalue weighted by atomic mass is 9.80. The van der Waals surface area contributed by atoms with Crippen molar-refractivity contribution in [3.8, 4) is 0 Å². The zero-order chi connectivity index (χ0) is 12.8. The van der Waals surface area contributed by atoms with E-state index in [1.54, 1.807) is 5.56 Å². The van der Waals surface area contributed by atoms with Gasteiger partial charge in [-0.15, -0.1) is 0 Å². The van der Waals surface area contributed by atoms with Crippen LogP contribution in [0.4, 0.5) is 0 Å². The highest BCUT2D eigenvalue weighted by atomic mass is 14.9. The second-order valence-corrected chi connectivity index (χ2v) is 5.59. The Morgan fingerprint density at radius 2 is 1.83 bits per heavy atom. The minimum absolute atomic E-state index is 0.547. The van der Waals surface area contributed by atoms with E-state index in [9.17, 15) is 0 Å². The molecule has 1 aromatic carbocycles. The van der Waals surface area contributed by atoms with Crippen molar-refractivity contribution >= 4 is 0 Å². The van der Waals surface area contributed by atoms with Gasteiger partial charge >= 0.3 is 0 Å². The normalized spacial score (nSPS) is 17.4. The average Bonchev–Trinajstić information content (AvgIpc) is 2.33. The maximum atomic E-state index is 3.66. The Bertz CT molecular complexity index is 337. The second-order valence-electron chi connectivity index (χ2n) is 5.59. The van der Waals surface area contributed by atoms with E-state index in [-0.39, 0.29) is 0 Å². The van der Waals surface area contributed by atoms with Crippen molar-refractivity contribution < 1.29 is 0 Å². The number of benzene rings is 1. The highest BCUT2D eigenvalue weighted by Gasteiger charge is 2.19. The fraction of sp³-hybridized carbons (Fsp3) is 0.647. The van der Waals surface area contributed by atoms with Gasteiger partial charge in [-0.05, 0) is 49.3 Å². The van der Waals surface area contributed by atoms with Crippen molar-refractivity contribution in [1.29, 1.82) is 0 Å². The summed E-state index contributed by atoms with van der Waals surface area (Å²) in [6.45, 7) is 5.62. The van der Waals surface area contributed by atoms with Crippen molar-refractivity contribution in [1.82, 2.24) is 5.32 Å². The summed E-state index contributed by atoms with van der Waals surface area (Å²) in [6, 6.07) is 9.95. The van der Waals surface area contributed by atoms with Gasteiger partial charge in [-0.1, -0.05) is 51.0 Å². The lowest BCUT2D eigenvalue weighted by Crippen LogP contribution is -2.22. The molecule has 1 saturated carbocycles. The number of rotatable bonds is 7. The molecule has 0 bridgehead atoms. The average molecular weight is 245 g/mol. The lowest BCUT2D eigenvalue weighted by Gasteiger charge is -2.26. The summed E-state index contributed by atoms with van der Waals surface area (Å²) in [5.41, 5.74) is 3.02. The van der Waals surface area contributed by atoms with E-state index in [2.05, 4.69) is 43.4 Å². The quantitative estimate of drug-likeness (QED) is 0.728. The Morgan fingerprint density at radius 1 is 1.11 bits per heavy atom. The van der Waals surface area contributed by atoms with E-state index in [0.717, 1.165) is 12.5 Å². The first-order chi connectivity index (χ1) is 8.85. The van der Waals surface area contributed by atoms with Gasteiger partial charge in [0, 0.05) is 6.04 Å². The van der Waals surface area contributed by atoms with Crippen LogP contribution in [-0.4, -0.2) is 6.54 Å². The molecule has 1 aliphatic carbocycles. The van der Waals surface area contributed by atoms with E-state index < -0.39 is 0 Å². The molecule has 0 aromatic heterocycles. The Kier molecular flexibility index (Phi) is 5.25. The zero-order valence-electron chi connectivity index (χ0n) is 11.9. The summed E-state index contributed by atoms with van der Waals surface area (Å²) in [5, 5.41) is 3.66. The van der Waals surface area contributed by atoms with Gasteiger partial charge in [0.05, 0.1) is 0 Å². The molecule has 0 radical (unpaired) electrons. The largest absolute Gasteiger partial charge is 0.310 e. The maximum Gasteiger partial charge on any atom is 0.0320 e. The molecule has 1 aliphatic rings. The van der Waals surface area contributed by atoms with Crippen LogP contribution in [0.3, 0.4) is 0 Å². The molecule has 2 rings (SSSR count). The second kappa shape index (κ2) is 6.94. The monoisotopic (exact) mass is 245 g/mol. The van der Waals surface area contributed by atoms with Gasteiger partial charge in [-0.2, -0.15) is 0 Å². The highest BCUT2D eigenvalue weighted by Crippen LogP contribution is 2.36. The van der Waals surface area contributed by atoms with Crippen molar-refractivity contribution in [2.45, 2.75) is 64.3 Å².